The summed E-state index contributed by atoms with van der Waals surface area (Å²) in [4.78, 5) is 16.3. The van der Waals surface area contributed by atoms with E-state index >= 15 is 0 Å². The molecule has 0 aliphatic heterocycles. The molecule has 0 spiro atoms. The number of aromatic amines is 1. The summed E-state index contributed by atoms with van der Waals surface area (Å²) in [5.41, 5.74) is -0.621. The average molecular weight is 447 g/mol. The lowest BCUT2D eigenvalue weighted by Crippen LogP contribution is -2.18. The Hall–Kier alpha value is -2.23. The minimum atomic E-state index is -4.64. The first-order valence-corrected chi connectivity index (χ1v) is 9.44. The van der Waals surface area contributed by atoms with Crippen molar-refractivity contribution in [3.63, 3.8) is 0 Å². The largest absolute Gasteiger partial charge is 0.418 e. The maximum absolute atomic E-state index is 13.1. The van der Waals surface area contributed by atoms with Gasteiger partial charge in [0.15, 0.2) is 5.82 Å². The predicted molar refractivity (Wildman–Crippen MR) is 103 cm³/mol. The Morgan fingerprint density at radius 3 is 2.46 bits per heavy atom. The molecule has 1 heterocycles. The Morgan fingerprint density at radius 2 is 1.79 bits per heavy atom. The van der Waals surface area contributed by atoms with Gasteiger partial charge in [0.2, 0.25) is 11.1 Å². The number of anilines is 1. The summed E-state index contributed by atoms with van der Waals surface area (Å²) in [5, 5.41) is 9.74. The Balaban J connectivity index is 1.63. The lowest BCUT2D eigenvalue weighted by molar-refractivity contribution is -0.137. The number of nitrogens with zero attached hydrogens (tertiary/aromatic N) is 2. The average Bonchev–Trinajstić information content (AvgIpc) is 3.10. The molecule has 1 amide bonds. The number of carbonyl (C=O) groups is 1. The highest BCUT2D eigenvalue weighted by Gasteiger charge is 2.34. The number of H-pyrrole nitrogens is 1. The molecule has 0 radical (unpaired) electrons. The van der Waals surface area contributed by atoms with E-state index in [1.54, 1.807) is 24.3 Å². The van der Waals surface area contributed by atoms with Gasteiger partial charge in [-0.05, 0) is 42.5 Å². The highest BCUT2D eigenvalue weighted by Crippen LogP contribution is 2.36. The van der Waals surface area contributed by atoms with Gasteiger partial charge in [-0.15, -0.1) is 5.10 Å². The summed E-state index contributed by atoms with van der Waals surface area (Å²) in [6, 6.07) is 10.0. The zero-order valence-electron chi connectivity index (χ0n) is 13.8. The van der Waals surface area contributed by atoms with Gasteiger partial charge < -0.3 is 5.32 Å². The fraction of sp³-hybridized carbons (Fsp3) is 0.118. The van der Waals surface area contributed by atoms with Crippen LogP contribution >= 0.6 is 35.0 Å². The smallest absolute Gasteiger partial charge is 0.325 e. The molecule has 3 rings (SSSR count). The number of carbonyl (C=O) groups excluding carboxylic acids is 1. The number of halogens is 5. The van der Waals surface area contributed by atoms with Crippen LogP contribution < -0.4 is 5.32 Å². The maximum Gasteiger partial charge on any atom is 0.418 e. The molecule has 28 heavy (non-hydrogen) atoms. The topological polar surface area (TPSA) is 70.7 Å². The molecule has 2 aromatic carbocycles. The molecule has 5 nitrogen and oxygen atoms in total. The summed E-state index contributed by atoms with van der Waals surface area (Å²) in [5.74, 6) is -0.315. The zero-order chi connectivity index (χ0) is 20.3. The van der Waals surface area contributed by atoms with Crippen molar-refractivity contribution in [1.29, 1.82) is 0 Å². The Bertz CT molecular complexity index is 993. The molecule has 0 saturated heterocycles. The molecule has 0 saturated carbocycles. The van der Waals surface area contributed by atoms with Crippen LogP contribution in [-0.4, -0.2) is 26.8 Å². The van der Waals surface area contributed by atoms with Crippen LogP contribution in [0.1, 0.15) is 5.56 Å². The second kappa shape index (κ2) is 8.42. The number of amides is 1. The zero-order valence-corrected chi connectivity index (χ0v) is 16.2. The normalized spacial score (nSPS) is 11.5. The van der Waals surface area contributed by atoms with E-state index < -0.39 is 17.6 Å². The standard InChI is InChI=1S/C17H11Cl2F3N4OS/c18-10-3-1-9(2-4-10)15-24-16(26-25-15)28-8-14(27)23-13-6-5-11(19)7-12(13)17(20,21)22/h1-7H,8H2,(H,23,27)(H,24,25,26). The quantitative estimate of drug-likeness (QED) is 0.505. The molecule has 3 aromatic rings. The number of nitrogens with one attached hydrogen (secondary N) is 2. The van der Waals surface area contributed by atoms with Gasteiger partial charge in [-0.3, -0.25) is 9.89 Å². The lowest BCUT2D eigenvalue weighted by Gasteiger charge is -2.13. The lowest BCUT2D eigenvalue weighted by atomic mass is 10.1. The number of rotatable bonds is 5. The second-order valence-corrected chi connectivity index (χ2v) is 7.31. The first kappa shape index (κ1) is 20.5. The van der Waals surface area contributed by atoms with Crippen molar-refractivity contribution in [2.24, 2.45) is 0 Å². The SMILES string of the molecule is O=C(CSc1n[nH]c(-c2ccc(Cl)cc2)n1)Nc1ccc(Cl)cc1C(F)(F)F. The number of alkyl halides is 3. The van der Waals surface area contributed by atoms with E-state index in [0.717, 1.165) is 29.5 Å². The van der Waals surface area contributed by atoms with Crippen LogP contribution in [0.25, 0.3) is 11.4 Å². The number of aromatic nitrogens is 3. The van der Waals surface area contributed by atoms with Crippen molar-refractivity contribution in [1.82, 2.24) is 15.2 Å². The molecule has 11 heteroatoms. The first-order valence-electron chi connectivity index (χ1n) is 7.70. The van der Waals surface area contributed by atoms with E-state index in [-0.39, 0.29) is 21.6 Å². The molecule has 146 valence electrons. The van der Waals surface area contributed by atoms with Gasteiger partial charge in [-0.1, -0.05) is 35.0 Å². The number of hydrogen-bond donors (Lipinski definition) is 2. The third kappa shape index (κ3) is 5.18. The van der Waals surface area contributed by atoms with Crippen LogP contribution in [0.3, 0.4) is 0 Å². The van der Waals surface area contributed by atoms with Gasteiger partial charge in [-0.25, -0.2) is 4.98 Å². The molecule has 0 aliphatic rings. The van der Waals surface area contributed by atoms with Crippen LogP contribution in [0, 0.1) is 0 Å². The van der Waals surface area contributed by atoms with Gasteiger partial charge in [-0.2, -0.15) is 13.2 Å². The number of benzene rings is 2. The molecule has 0 bridgehead atoms. The van der Waals surface area contributed by atoms with E-state index in [2.05, 4.69) is 20.5 Å². The van der Waals surface area contributed by atoms with Crippen molar-refractivity contribution < 1.29 is 18.0 Å². The summed E-state index contributed by atoms with van der Waals surface area (Å²) >= 11 is 12.4. The molecule has 1 aromatic heterocycles. The molecule has 0 aliphatic carbocycles. The van der Waals surface area contributed by atoms with Gasteiger partial charge in [0.1, 0.15) is 0 Å². The minimum Gasteiger partial charge on any atom is -0.325 e. The van der Waals surface area contributed by atoms with Crippen LogP contribution in [0.4, 0.5) is 18.9 Å². The molecule has 0 atom stereocenters. The van der Waals surface area contributed by atoms with Gasteiger partial charge in [0.05, 0.1) is 17.0 Å². The van der Waals surface area contributed by atoms with E-state index in [1.807, 2.05) is 0 Å². The summed E-state index contributed by atoms with van der Waals surface area (Å²) in [6.07, 6.45) is -4.64. The molecular weight excluding hydrogens is 436 g/mol. The summed E-state index contributed by atoms with van der Waals surface area (Å²) < 4.78 is 39.2. The van der Waals surface area contributed by atoms with E-state index in [1.165, 1.54) is 6.07 Å². The van der Waals surface area contributed by atoms with Crippen molar-refractivity contribution in [3.8, 4) is 11.4 Å². The highest BCUT2D eigenvalue weighted by molar-refractivity contribution is 7.99. The third-order valence-electron chi connectivity index (χ3n) is 3.48. The Labute approximate surface area is 171 Å². The van der Waals surface area contributed by atoms with Crippen LogP contribution in [0.2, 0.25) is 10.0 Å². The molecule has 2 N–H and O–H groups in total. The number of thioether (sulfide) groups is 1. The van der Waals surface area contributed by atoms with E-state index in [9.17, 15) is 18.0 Å². The van der Waals surface area contributed by atoms with Crippen molar-refractivity contribution >= 4 is 46.6 Å². The fourth-order valence-electron chi connectivity index (χ4n) is 2.22. The van der Waals surface area contributed by atoms with Crippen LogP contribution in [-0.2, 0) is 11.0 Å². The Kier molecular flexibility index (Phi) is 6.17. The maximum atomic E-state index is 13.1. The predicted octanol–water partition coefficient (Wildman–Crippen LogP) is 5.53. The van der Waals surface area contributed by atoms with E-state index in [0.29, 0.717) is 10.8 Å². The van der Waals surface area contributed by atoms with Gasteiger partial charge in [0, 0.05) is 15.6 Å². The Morgan fingerprint density at radius 1 is 1.11 bits per heavy atom. The van der Waals surface area contributed by atoms with Crippen LogP contribution in [0.5, 0.6) is 0 Å². The summed E-state index contributed by atoms with van der Waals surface area (Å²) in [7, 11) is 0. The van der Waals surface area contributed by atoms with Crippen molar-refractivity contribution in [3.05, 3.63) is 58.1 Å². The van der Waals surface area contributed by atoms with Crippen molar-refractivity contribution in [2.45, 2.75) is 11.3 Å². The van der Waals surface area contributed by atoms with Gasteiger partial charge in [0.25, 0.3) is 0 Å². The van der Waals surface area contributed by atoms with Crippen molar-refractivity contribution in [2.75, 3.05) is 11.1 Å². The van der Waals surface area contributed by atoms with Crippen LogP contribution in [0.15, 0.2) is 47.6 Å². The first-order chi connectivity index (χ1) is 13.2. The van der Waals surface area contributed by atoms with Gasteiger partial charge >= 0.3 is 6.18 Å². The number of hydrogen-bond acceptors (Lipinski definition) is 4. The highest BCUT2D eigenvalue weighted by atomic mass is 35.5. The fourth-order valence-corrected chi connectivity index (χ4v) is 3.12. The molecule has 0 unspecified atom stereocenters. The molecular formula is C17H11Cl2F3N4OS. The monoisotopic (exact) mass is 446 g/mol. The summed E-state index contributed by atoms with van der Waals surface area (Å²) in [6.45, 7) is 0. The third-order valence-corrected chi connectivity index (χ3v) is 4.81. The van der Waals surface area contributed by atoms with E-state index in [4.69, 9.17) is 23.2 Å². The second-order valence-electron chi connectivity index (χ2n) is 5.50. The molecule has 0 fully saturated rings. The minimum absolute atomic E-state index is 0.0739.